The number of aromatic amines is 1. The average Bonchev–Trinajstić information content (AvgIpc) is 3.11. The van der Waals surface area contributed by atoms with Crippen molar-refractivity contribution in [2.75, 3.05) is 25.0 Å². The molecule has 0 saturated carbocycles. The first kappa shape index (κ1) is 17.2. The van der Waals surface area contributed by atoms with Crippen LogP contribution in [0.25, 0.3) is 21.7 Å². The van der Waals surface area contributed by atoms with Crippen LogP contribution in [0, 0.1) is 0 Å². The molecule has 0 bridgehead atoms. The van der Waals surface area contributed by atoms with Crippen molar-refractivity contribution in [3.63, 3.8) is 0 Å². The van der Waals surface area contributed by atoms with E-state index in [-0.39, 0.29) is 5.91 Å². The molecule has 0 aliphatic carbocycles. The van der Waals surface area contributed by atoms with Crippen LogP contribution in [0.1, 0.15) is 5.56 Å². The molecule has 0 atom stereocenters. The van der Waals surface area contributed by atoms with E-state index in [0.29, 0.717) is 13.1 Å². The van der Waals surface area contributed by atoms with Gasteiger partial charge in [0.15, 0.2) is 0 Å². The van der Waals surface area contributed by atoms with Gasteiger partial charge in [-0.3, -0.25) is 4.79 Å². The highest BCUT2D eigenvalue weighted by Gasteiger charge is 2.09. The highest BCUT2D eigenvalue weighted by molar-refractivity contribution is 5.87. The first-order valence-corrected chi connectivity index (χ1v) is 9.22. The van der Waals surface area contributed by atoms with Gasteiger partial charge in [-0.2, -0.15) is 0 Å². The van der Waals surface area contributed by atoms with E-state index in [1.807, 2.05) is 42.4 Å². The molecule has 3 aromatic carbocycles. The van der Waals surface area contributed by atoms with Crippen LogP contribution in [0.2, 0.25) is 0 Å². The van der Waals surface area contributed by atoms with Crippen molar-refractivity contribution in [2.45, 2.75) is 6.42 Å². The van der Waals surface area contributed by atoms with Crippen LogP contribution in [0.4, 0.5) is 5.69 Å². The van der Waals surface area contributed by atoms with Crippen LogP contribution in [0.3, 0.4) is 0 Å². The summed E-state index contributed by atoms with van der Waals surface area (Å²) in [7, 11) is 1.95. The topological polar surface area (TPSA) is 48.1 Å². The number of benzene rings is 3. The molecule has 1 heterocycles. The summed E-state index contributed by atoms with van der Waals surface area (Å²) < 4.78 is 0. The van der Waals surface area contributed by atoms with Crippen LogP contribution < -0.4 is 10.2 Å². The van der Waals surface area contributed by atoms with Gasteiger partial charge in [0.25, 0.3) is 0 Å². The first-order valence-electron chi connectivity index (χ1n) is 9.22. The van der Waals surface area contributed by atoms with Gasteiger partial charge in [0, 0.05) is 36.4 Å². The summed E-state index contributed by atoms with van der Waals surface area (Å²) in [6.45, 7) is 0.971. The molecule has 136 valence electrons. The molecule has 4 aromatic rings. The van der Waals surface area contributed by atoms with Crippen LogP contribution in [-0.2, 0) is 11.2 Å². The van der Waals surface area contributed by atoms with Gasteiger partial charge in [-0.15, -0.1) is 0 Å². The van der Waals surface area contributed by atoms with E-state index >= 15 is 0 Å². The lowest BCUT2D eigenvalue weighted by molar-refractivity contribution is -0.119. The van der Waals surface area contributed by atoms with Gasteiger partial charge < -0.3 is 15.2 Å². The Morgan fingerprint density at radius 3 is 2.67 bits per heavy atom. The molecular weight excluding hydrogens is 334 g/mol. The first-order chi connectivity index (χ1) is 13.2. The van der Waals surface area contributed by atoms with Crippen molar-refractivity contribution < 1.29 is 4.79 Å². The van der Waals surface area contributed by atoms with Crippen molar-refractivity contribution in [3.05, 3.63) is 78.5 Å². The SMILES string of the molecule is CN(CC(=O)NCCc1c[nH]c2ccccc12)c1ccc2ccccc2c1. The maximum atomic E-state index is 12.3. The summed E-state index contributed by atoms with van der Waals surface area (Å²) in [6, 6.07) is 22.8. The Hall–Kier alpha value is -3.27. The summed E-state index contributed by atoms with van der Waals surface area (Å²) in [5.74, 6) is 0.0329. The van der Waals surface area contributed by atoms with Gasteiger partial charge in [0.05, 0.1) is 6.54 Å². The zero-order chi connectivity index (χ0) is 18.6. The molecule has 4 heteroatoms. The van der Waals surface area contributed by atoms with Crippen LogP contribution >= 0.6 is 0 Å². The number of carbonyl (C=O) groups is 1. The van der Waals surface area contributed by atoms with E-state index in [0.717, 1.165) is 17.6 Å². The van der Waals surface area contributed by atoms with Gasteiger partial charge in [0.1, 0.15) is 0 Å². The second-order valence-electron chi connectivity index (χ2n) is 6.85. The summed E-state index contributed by atoms with van der Waals surface area (Å²) in [4.78, 5) is 17.6. The molecule has 0 radical (unpaired) electrons. The maximum absolute atomic E-state index is 12.3. The van der Waals surface area contributed by atoms with Gasteiger partial charge in [0.2, 0.25) is 5.91 Å². The van der Waals surface area contributed by atoms with E-state index in [9.17, 15) is 4.79 Å². The van der Waals surface area contributed by atoms with Crippen molar-refractivity contribution in [3.8, 4) is 0 Å². The fourth-order valence-corrected chi connectivity index (χ4v) is 3.45. The Morgan fingerprint density at radius 1 is 1.00 bits per heavy atom. The lowest BCUT2D eigenvalue weighted by Gasteiger charge is -2.19. The number of hydrogen-bond donors (Lipinski definition) is 2. The predicted octanol–water partition coefficient (Wildman–Crippen LogP) is 4.12. The molecule has 1 aromatic heterocycles. The number of H-pyrrole nitrogens is 1. The molecule has 2 N–H and O–H groups in total. The second kappa shape index (κ2) is 7.54. The minimum Gasteiger partial charge on any atom is -0.365 e. The fraction of sp³-hybridized carbons (Fsp3) is 0.174. The number of hydrogen-bond acceptors (Lipinski definition) is 2. The summed E-state index contributed by atoms with van der Waals surface area (Å²) in [5, 5.41) is 6.64. The Morgan fingerprint density at radius 2 is 1.78 bits per heavy atom. The third-order valence-corrected chi connectivity index (χ3v) is 4.95. The maximum Gasteiger partial charge on any atom is 0.239 e. The molecule has 4 nitrogen and oxygen atoms in total. The summed E-state index contributed by atoms with van der Waals surface area (Å²) in [6.07, 6.45) is 2.84. The summed E-state index contributed by atoms with van der Waals surface area (Å²) >= 11 is 0. The lowest BCUT2D eigenvalue weighted by atomic mass is 10.1. The smallest absolute Gasteiger partial charge is 0.239 e. The molecule has 27 heavy (non-hydrogen) atoms. The molecule has 0 fully saturated rings. The largest absolute Gasteiger partial charge is 0.365 e. The van der Waals surface area contributed by atoms with Gasteiger partial charge in [-0.05, 0) is 41.0 Å². The van der Waals surface area contributed by atoms with E-state index in [1.165, 1.54) is 21.7 Å². The molecule has 0 saturated heterocycles. The Kier molecular flexibility index (Phi) is 4.79. The van der Waals surface area contributed by atoms with E-state index < -0.39 is 0 Å². The zero-order valence-electron chi connectivity index (χ0n) is 15.4. The Labute approximate surface area is 158 Å². The number of fused-ring (bicyclic) bond motifs is 2. The highest BCUT2D eigenvalue weighted by atomic mass is 16.2. The Balaban J connectivity index is 1.33. The van der Waals surface area contributed by atoms with E-state index in [1.54, 1.807) is 0 Å². The third-order valence-electron chi connectivity index (χ3n) is 4.95. The number of carbonyl (C=O) groups excluding carboxylic acids is 1. The van der Waals surface area contributed by atoms with Gasteiger partial charge >= 0.3 is 0 Å². The number of amides is 1. The van der Waals surface area contributed by atoms with Crippen molar-refractivity contribution in [1.82, 2.24) is 10.3 Å². The monoisotopic (exact) mass is 357 g/mol. The summed E-state index contributed by atoms with van der Waals surface area (Å²) in [5.41, 5.74) is 3.41. The fourth-order valence-electron chi connectivity index (χ4n) is 3.45. The normalized spacial score (nSPS) is 11.0. The molecule has 0 unspecified atom stereocenters. The van der Waals surface area contributed by atoms with E-state index in [2.05, 4.69) is 52.8 Å². The number of nitrogens with zero attached hydrogens (tertiary/aromatic N) is 1. The van der Waals surface area contributed by atoms with Crippen molar-refractivity contribution in [1.29, 1.82) is 0 Å². The molecule has 0 aliphatic rings. The predicted molar refractivity (Wildman–Crippen MR) is 112 cm³/mol. The third kappa shape index (κ3) is 3.80. The van der Waals surface area contributed by atoms with Crippen molar-refractivity contribution >= 4 is 33.3 Å². The number of rotatable bonds is 6. The zero-order valence-corrected chi connectivity index (χ0v) is 15.4. The van der Waals surface area contributed by atoms with Gasteiger partial charge in [-0.1, -0.05) is 48.5 Å². The second-order valence-corrected chi connectivity index (χ2v) is 6.85. The van der Waals surface area contributed by atoms with Crippen molar-refractivity contribution in [2.24, 2.45) is 0 Å². The molecular formula is C23H23N3O. The number of aromatic nitrogens is 1. The molecule has 0 spiro atoms. The van der Waals surface area contributed by atoms with Gasteiger partial charge in [-0.25, -0.2) is 0 Å². The van der Waals surface area contributed by atoms with Crippen LogP contribution in [0.15, 0.2) is 72.9 Å². The molecule has 4 rings (SSSR count). The highest BCUT2D eigenvalue weighted by Crippen LogP contribution is 2.21. The van der Waals surface area contributed by atoms with E-state index in [4.69, 9.17) is 0 Å². The standard InChI is InChI=1S/C23H23N3O/c1-26(20-11-10-17-6-2-3-7-18(17)14-20)16-23(27)24-13-12-19-15-25-22-9-5-4-8-21(19)22/h2-11,14-15,25H,12-13,16H2,1H3,(H,24,27). The minimum absolute atomic E-state index is 0.0329. The number of anilines is 1. The Bertz CT molecular complexity index is 1080. The number of para-hydroxylation sites is 1. The molecule has 1 amide bonds. The minimum atomic E-state index is 0.0329. The number of likely N-dealkylation sites (N-methyl/N-ethyl adjacent to an activating group) is 1. The quantitative estimate of drug-likeness (QED) is 0.545. The van der Waals surface area contributed by atoms with Crippen LogP contribution in [0.5, 0.6) is 0 Å². The molecule has 0 aliphatic heterocycles. The van der Waals surface area contributed by atoms with Crippen LogP contribution in [-0.4, -0.2) is 31.0 Å². The number of nitrogens with one attached hydrogen (secondary N) is 2. The lowest BCUT2D eigenvalue weighted by Crippen LogP contribution is -2.36. The average molecular weight is 357 g/mol.